The number of aryl methyl sites for hydroxylation is 1. The molecule has 5 aromatic rings. The molecule has 12 heteroatoms. The number of carbonyl (C=O) groups excluding carboxylic acids is 2. The van der Waals surface area contributed by atoms with Gasteiger partial charge in [-0.2, -0.15) is 18.2 Å². The number of piperazine rings is 1. The molecule has 1 aliphatic rings. The SMILES string of the molecule is CC(=O)c1ccc(N2CCN(c3nc(C)c4ccc(=O)n(-c5ccc(C(=O)NCc6ccc(C(F)(F)F)cc6)cc5)c4n3)CC2)cc1. The van der Waals surface area contributed by atoms with Crippen LogP contribution in [-0.4, -0.2) is 52.4 Å². The molecule has 240 valence electrons. The number of fused-ring (bicyclic) bond motifs is 1. The van der Waals surface area contributed by atoms with Gasteiger partial charge in [-0.3, -0.25) is 19.0 Å². The van der Waals surface area contributed by atoms with Crippen LogP contribution >= 0.6 is 0 Å². The first-order valence-electron chi connectivity index (χ1n) is 15.0. The van der Waals surface area contributed by atoms with E-state index in [1.54, 1.807) is 37.3 Å². The van der Waals surface area contributed by atoms with Gasteiger partial charge in [-0.15, -0.1) is 0 Å². The van der Waals surface area contributed by atoms with Gasteiger partial charge < -0.3 is 15.1 Å². The summed E-state index contributed by atoms with van der Waals surface area (Å²) < 4.78 is 40.0. The van der Waals surface area contributed by atoms with E-state index in [1.165, 1.54) is 22.8 Å². The van der Waals surface area contributed by atoms with Crippen LogP contribution in [0.15, 0.2) is 89.7 Å². The van der Waals surface area contributed by atoms with E-state index in [1.807, 2.05) is 31.2 Å². The number of carbonyl (C=O) groups is 2. The summed E-state index contributed by atoms with van der Waals surface area (Å²) in [5.74, 6) is 0.135. The Morgan fingerprint density at radius 3 is 1.98 bits per heavy atom. The first-order valence-corrected chi connectivity index (χ1v) is 15.0. The van der Waals surface area contributed by atoms with Gasteiger partial charge in [0.1, 0.15) is 0 Å². The van der Waals surface area contributed by atoms with Gasteiger partial charge in [0.2, 0.25) is 5.95 Å². The van der Waals surface area contributed by atoms with E-state index in [2.05, 4.69) is 15.1 Å². The van der Waals surface area contributed by atoms with Crippen LogP contribution in [0.4, 0.5) is 24.8 Å². The number of hydrogen-bond donors (Lipinski definition) is 1. The number of nitrogens with one attached hydrogen (secondary N) is 1. The molecule has 0 spiro atoms. The van der Waals surface area contributed by atoms with Crippen molar-refractivity contribution in [2.75, 3.05) is 36.0 Å². The van der Waals surface area contributed by atoms with Gasteiger partial charge in [-0.1, -0.05) is 12.1 Å². The Hall–Kier alpha value is -5.52. The maximum Gasteiger partial charge on any atom is 0.416 e. The van der Waals surface area contributed by atoms with Crippen molar-refractivity contribution in [3.8, 4) is 5.69 Å². The summed E-state index contributed by atoms with van der Waals surface area (Å²) in [6.07, 6.45) is -4.43. The van der Waals surface area contributed by atoms with Crippen molar-refractivity contribution in [1.29, 1.82) is 0 Å². The van der Waals surface area contributed by atoms with Gasteiger partial charge in [-0.05, 0) is 86.1 Å². The summed E-state index contributed by atoms with van der Waals surface area (Å²) in [5.41, 5.74) is 3.21. The van der Waals surface area contributed by atoms with E-state index in [-0.39, 0.29) is 17.9 Å². The minimum atomic E-state index is -4.43. The first-order chi connectivity index (χ1) is 22.5. The van der Waals surface area contributed by atoms with Crippen LogP contribution in [0.25, 0.3) is 16.7 Å². The van der Waals surface area contributed by atoms with Crippen LogP contribution in [-0.2, 0) is 12.7 Å². The molecule has 0 saturated carbocycles. The van der Waals surface area contributed by atoms with Gasteiger partial charge in [0.05, 0.1) is 16.9 Å². The zero-order valence-electron chi connectivity index (χ0n) is 25.7. The largest absolute Gasteiger partial charge is 0.416 e. The maximum atomic E-state index is 13.2. The molecule has 1 amide bonds. The van der Waals surface area contributed by atoms with Crippen molar-refractivity contribution in [3.63, 3.8) is 0 Å². The lowest BCUT2D eigenvalue weighted by molar-refractivity contribution is -0.137. The highest BCUT2D eigenvalue weighted by molar-refractivity contribution is 5.95. The Labute approximate surface area is 268 Å². The lowest BCUT2D eigenvalue weighted by Crippen LogP contribution is -2.47. The van der Waals surface area contributed by atoms with Gasteiger partial charge in [0.15, 0.2) is 11.4 Å². The highest BCUT2D eigenvalue weighted by Gasteiger charge is 2.30. The van der Waals surface area contributed by atoms with E-state index in [4.69, 9.17) is 9.97 Å². The van der Waals surface area contributed by atoms with Crippen LogP contribution in [0.2, 0.25) is 0 Å². The summed E-state index contributed by atoms with van der Waals surface area (Å²) >= 11 is 0. The third-order valence-electron chi connectivity index (χ3n) is 8.25. The molecular weight excluding hydrogens is 609 g/mol. The molecule has 1 aliphatic heterocycles. The number of hydrogen-bond acceptors (Lipinski definition) is 7. The average molecular weight is 641 g/mol. The second-order valence-corrected chi connectivity index (χ2v) is 11.4. The third-order valence-corrected chi connectivity index (χ3v) is 8.25. The molecule has 0 bridgehead atoms. The molecule has 0 atom stereocenters. The molecule has 9 nitrogen and oxygen atoms in total. The second kappa shape index (κ2) is 12.7. The fourth-order valence-corrected chi connectivity index (χ4v) is 5.57. The molecule has 1 fully saturated rings. The molecule has 0 radical (unpaired) electrons. The molecule has 3 aromatic carbocycles. The standard InChI is InChI=1S/C35H31F3N6O3/c1-22-30-15-16-31(46)44(29-13-7-26(8-14-29)33(47)39-21-24-3-9-27(10-4-24)35(36,37)38)32(30)41-34(40-22)43-19-17-42(18-20-43)28-11-5-25(6-12-28)23(2)45/h3-16H,17-21H2,1-2H3,(H,39,47). The van der Waals surface area contributed by atoms with Crippen molar-refractivity contribution in [1.82, 2.24) is 19.9 Å². The number of amides is 1. The number of nitrogens with zero attached hydrogens (tertiary/aromatic N) is 5. The number of pyridine rings is 1. The topological polar surface area (TPSA) is 100 Å². The molecule has 47 heavy (non-hydrogen) atoms. The van der Waals surface area contributed by atoms with Crippen LogP contribution in [0, 0.1) is 6.92 Å². The lowest BCUT2D eigenvalue weighted by Gasteiger charge is -2.36. The van der Waals surface area contributed by atoms with E-state index < -0.39 is 17.6 Å². The van der Waals surface area contributed by atoms with Crippen molar-refractivity contribution in [3.05, 3.63) is 123 Å². The third kappa shape index (κ3) is 6.71. The summed E-state index contributed by atoms with van der Waals surface area (Å²) in [5, 5.41) is 3.43. The number of benzene rings is 3. The van der Waals surface area contributed by atoms with Crippen LogP contribution in [0.3, 0.4) is 0 Å². The Morgan fingerprint density at radius 2 is 1.36 bits per heavy atom. The molecule has 0 aliphatic carbocycles. The summed E-state index contributed by atoms with van der Waals surface area (Å²) in [6.45, 7) is 6.25. The summed E-state index contributed by atoms with van der Waals surface area (Å²) in [7, 11) is 0. The van der Waals surface area contributed by atoms with E-state index in [9.17, 15) is 27.6 Å². The van der Waals surface area contributed by atoms with Gasteiger partial charge >= 0.3 is 6.18 Å². The van der Waals surface area contributed by atoms with Gasteiger partial charge in [0.25, 0.3) is 11.5 Å². The number of Topliss-reactive ketones (excluding diaryl/α,β-unsaturated/α-hetero) is 1. The number of ketones is 1. The Morgan fingerprint density at radius 1 is 0.766 bits per heavy atom. The second-order valence-electron chi connectivity index (χ2n) is 11.4. The number of halogens is 3. The Bertz CT molecular complexity index is 2000. The molecule has 2 aromatic heterocycles. The van der Waals surface area contributed by atoms with Crippen molar-refractivity contribution >= 4 is 34.4 Å². The van der Waals surface area contributed by atoms with E-state index >= 15 is 0 Å². The monoisotopic (exact) mass is 640 g/mol. The number of aromatic nitrogens is 3. The van der Waals surface area contributed by atoms with Gasteiger partial charge in [0, 0.05) is 61.0 Å². The lowest BCUT2D eigenvalue weighted by atomic mass is 10.1. The zero-order valence-corrected chi connectivity index (χ0v) is 25.7. The quantitative estimate of drug-likeness (QED) is 0.232. The minimum absolute atomic E-state index is 0.0277. The highest BCUT2D eigenvalue weighted by Crippen LogP contribution is 2.29. The molecule has 3 heterocycles. The predicted molar refractivity (Wildman–Crippen MR) is 173 cm³/mol. The van der Waals surface area contributed by atoms with Crippen LogP contribution < -0.4 is 20.7 Å². The highest BCUT2D eigenvalue weighted by atomic mass is 19.4. The van der Waals surface area contributed by atoms with Crippen LogP contribution in [0.1, 0.15) is 44.5 Å². The number of anilines is 2. The molecule has 0 unspecified atom stereocenters. The summed E-state index contributed by atoms with van der Waals surface area (Å²) in [6, 6.07) is 21.8. The van der Waals surface area contributed by atoms with E-state index in [0.29, 0.717) is 47.1 Å². The Kier molecular flexibility index (Phi) is 8.50. The normalized spacial score (nSPS) is 13.6. The molecule has 1 N–H and O–H groups in total. The first kappa shape index (κ1) is 31.5. The fourth-order valence-electron chi connectivity index (χ4n) is 5.57. The fraction of sp³-hybridized carbons (Fsp3) is 0.229. The number of rotatable bonds is 7. The van der Waals surface area contributed by atoms with Crippen molar-refractivity contribution in [2.45, 2.75) is 26.6 Å². The minimum Gasteiger partial charge on any atom is -0.368 e. The predicted octanol–water partition coefficient (Wildman–Crippen LogP) is 5.57. The van der Waals surface area contributed by atoms with Crippen LogP contribution in [0.5, 0.6) is 0 Å². The summed E-state index contributed by atoms with van der Waals surface area (Å²) in [4.78, 5) is 51.5. The van der Waals surface area contributed by atoms with E-state index in [0.717, 1.165) is 42.0 Å². The smallest absolute Gasteiger partial charge is 0.368 e. The molecular formula is C35H31F3N6O3. The maximum absolute atomic E-state index is 13.2. The average Bonchev–Trinajstić information content (AvgIpc) is 3.07. The van der Waals surface area contributed by atoms with Gasteiger partial charge in [-0.25, -0.2) is 4.98 Å². The Balaban J connectivity index is 1.18. The zero-order chi connectivity index (χ0) is 33.3. The number of alkyl halides is 3. The molecule has 6 rings (SSSR count). The van der Waals surface area contributed by atoms with Crippen molar-refractivity contribution in [2.24, 2.45) is 0 Å². The molecule has 1 saturated heterocycles. The van der Waals surface area contributed by atoms with Crippen molar-refractivity contribution < 1.29 is 22.8 Å².